The Morgan fingerprint density at radius 1 is 1.37 bits per heavy atom. The van der Waals surface area contributed by atoms with Crippen molar-refractivity contribution in [2.24, 2.45) is 0 Å². The second-order valence-corrected chi connectivity index (χ2v) is 4.83. The molecule has 108 valence electrons. The van der Waals surface area contributed by atoms with Gasteiger partial charge in [-0.2, -0.15) is 0 Å². The summed E-state index contributed by atoms with van der Waals surface area (Å²) >= 11 is 0. The van der Waals surface area contributed by atoms with Crippen LogP contribution in [0.1, 0.15) is 26.7 Å². The zero-order chi connectivity index (χ0) is 14.4. The van der Waals surface area contributed by atoms with Crippen LogP contribution in [0.25, 0.3) is 0 Å². The van der Waals surface area contributed by atoms with Gasteiger partial charge in [0.2, 0.25) is 5.91 Å². The Morgan fingerprint density at radius 2 is 2.05 bits per heavy atom. The molecule has 7 nitrogen and oxygen atoms in total. The molecule has 1 heterocycles. The normalized spacial score (nSPS) is 15.8. The summed E-state index contributed by atoms with van der Waals surface area (Å²) in [6, 6.07) is -0.157. The quantitative estimate of drug-likeness (QED) is 0.695. The van der Waals surface area contributed by atoms with Crippen LogP contribution in [0.2, 0.25) is 0 Å². The first-order chi connectivity index (χ1) is 8.91. The van der Waals surface area contributed by atoms with Crippen LogP contribution in [0.4, 0.5) is 4.79 Å². The van der Waals surface area contributed by atoms with Crippen molar-refractivity contribution in [3.63, 3.8) is 0 Å². The van der Waals surface area contributed by atoms with Crippen molar-refractivity contribution in [2.45, 2.75) is 32.7 Å². The minimum Gasteiger partial charge on any atom is -0.481 e. The highest BCUT2D eigenvalue weighted by molar-refractivity contribution is 5.85. The third kappa shape index (κ3) is 4.76. The number of nitrogens with one attached hydrogen (secondary N) is 1. The predicted molar refractivity (Wildman–Crippen MR) is 68.7 cm³/mol. The van der Waals surface area contributed by atoms with E-state index in [1.807, 2.05) is 13.8 Å². The fourth-order valence-corrected chi connectivity index (χ4v) is 1.95. The van der Waals surface area contributed by atoms with E-state index in [0.717, 1.165) is 0 Å². The number of hydrogen-bond donors (Lipinski definition) is 2. The zero-order valence-corrected chi connectivity index (χ0v) is 11.4. The summed E-state index contributed by atoms with van der Waals surface area (Å²) in [5, 5.41) is 11.1. The second-order valence-electron chi connectivity index (χ2n) is 4.83. The van der Waals surface area contributed by atoms with Gasteiger partial charge in [0.15, 0.2) is 0 Å². The molecule has 0 aromatic carbocycles. The summed E-state index contributed by atoms with van der Waals surface area (Å²) in [4.78, 5) is 37.1. The molecular weight excluding hydrogens is 250 g/mol. The molecule has 0 aromatic heterocycles. The van der Waals surface area contributed by atoms with Gasteiger partial charge in [-0.1, -0.05) is 0 Å². The molecule has 0 bridgehead atoms. The minimum atomic E-state index is -0.880. The van der Waals surface area contributed by atoms with Crippen LogP contribution < -0.4 is 5.32 Å². The lowest BCUT2D eigenvalue weighted by molar-refractivity contribution is -0.137. The molecule has 1 aliphatic heterocycles. The number of carbonyl (C=O) groups excluding carboxylic acids is 2. The molecule has 1 fully saturated rings. The van der Waals surface area contributed by atoms with Gasteiger partial charge >= 0.3 is 12.0 Å². The summed E-state index contributed by atoms with van der Waals surface area (Å²) in [5.74, 6) is -0.933. The lowest BCUT2D eigenvalue weighted by Gasteiger charge is -2.36. The highest BCUT2D eigenvalue weighted by Gasteiger charge is 2.28. The van der Waals surface area contributed by atoms with E-state index in [9.17, 15) is 14.4 Å². The molecule has 7 heteroatoms. The van der Waals surface area contributed by atoms with E-state index in [2.05, 4.69) is 5.32 Å². The number of piperazine rings is 1. The molecule has 3 amide bonds. The van der Waals surface area contributed by atoms with Crippen molar-refractivity contribution >= 4 is 17.9 Å². The molecule has 0 aromatic rings. The highest BCUT2D eigenvalue weighted by atomic mass is 16.4. The molecule has 1 rings (SSSR count). The fraction of sp³-hybridized carbons (Fsp3) is 0.750. The standard InChI is InChI=1S/C12H21N3O4/c1-9(2)15-7-6-14(8-10(15)16)12(19)13-5-3-4-11(17)18/h9H,3-8H2,1-2H3,(H,13,19)(H,17,18). The third-order valence-electron chi connectivity index (χ3n) is 3.01. The van der Waals surface area contributed by atoms with Gasteiger partial charge < -0.3 is 20.2 Å². The third-order valence-corrected chi connectivity index (χ3v) is 3.01. The first kappa shape index (κ1) is 15.3. The van der Waals surface area contributed by atoms with E-state index < -0.39 is 5.97 Å². The average Bonchev–Trinajstić information content (AvgIpc) is 2.33. The number of amides is 3. The van der Waals surface area contributed by atoms with Crippen molar-refractivity contribution in [1.82, 2.24) is 15.1 Å². The number of carbonyl (C=O) groups is 3. The van der Waals surface area contributed by atoms with E-state index in [1.54, 1.807) is 4.90 Å². The molecular formula is C12H21N3O4. The summed E-state index contributed by atoms with van der Waals surface area (Å²) < 4.78 is 0. The van der Waals surface area contributed by atoms with Crippen molar-refractivity contribution in [3.05, 3.63) is 0 Å². The summed E-state index contributed by atoms with van der Waals surface area (Å²) in [6.45, 7) is 5.33. The van der Waals surface area contributed by atoms with Gasteiger partial charge in [0, 0.05) is 32.1 Å². The molecule has 1 aliphatic rings. The van der Waals surface area contributed by atoms with E-state index in [4.69, 9.17) is 5.11 Å². The first-order valence-corrected chi connectivity index (χ1v) is 6.46. The summed E-state index contributed by atoms with van der Waals surface area (Å²) in [5.41, 5.74) is 0. The lowest BCUT2D eigenvalue weighted by Crippen LogP contribution is -2.56. The second kappa shape index (κ2) is 6.96. The molecule has 0 aliphatic carbocycles. The number of aliphatic carboxylic acids is 1. The molecule has 0 unspecified atom stereocenters. The lowest BCUT2D eigenvalue weighted by atomic mass is 10.2. The summed E-state index contributed by atoms with van der Waals surface area (Å²) in [6.07, 6.45) is 0.418. The molecule has 0 radical (unpaired) electrons. The number of carboxylic acid groups (broad SMARTS) is 1. The van der Waals surface area contributed by atoms with Crippen LogP contribution in [0.15, 0.2) is 0 Å². The SMILES string of the molecule is CC(C)N1CCN(C(=O)NCCCC(=O)O)CC1=O. The monoisotopic (exact) mass is 271 g/mol. The van der Waals surface area contributed by atoms with E-state index >= 15 is 0 Å². The number of nitrogens with zero attached hydrogens (tertiary/aromatic N) is 2. The van der Waals surface area contributed by atoms with Gasteiger partial charge in [-0.3, -0.25) is 9.59 Å². The van der Waals surface area contributed by atoms with Crippen LogP contribution in [0.5, 0.6) is 0 Å². The van der Waals surface area contributed by atoms with E-state index in [1.165, 1.54) is 4.90 Å². The van der Waals surface area contributed by atoms with Crippen molar-refractivity contribution < 1.29 is 19.5 Å². The maximum Gasteiger partial charge on any atom is 0.317 e. The van der Waals surface area contributed by atoms with Crippen LogP contribution in [-0.2, 0) is 9.59 Å². The van der Waals surface area contributed by atoms with Crippen molar-refractivity contribution in [1.29, 1.82) is 0 Å². The Kier molecular flexibility index (Phi) is 5.59. The van der Waals surface area contributed by atoms with Crippen LogP contribution in [-0.4, -0.2) is 65.0 Å². The van der Waals surface area contributed by atoms with Gasteiger partial charge in [-0.05, 0) is 20.3 Å². The van der Waals surface area contributed by atoms with Crippen molar-refractivity contribution in [3.8, 4) is 0 Å². The Hall–Kier alpha value is -1.79. The topological polar surface area (TPSA) is 89.9 Å². The summed E-state index contributed by atoms with van der Waals surface area (Å²) in [7, 11) is 0. The minimum absolute atomic E-state index is 0.0281. The van der Waals surface area contributed by atoms with Gasteiger partial charge in [0.1, 0.15) is 6.54 Å². The maximum atomic E-state index is 11.8. The number of carboxylic acids is 1. The van der Waals surface area contributed by atoms with Crippen LogP contribution in [0.3, 0.4) is 0 Å². The van der Waals surface area contributed by atoms with Gasteiger partial charge in [0.25, 0.3) is 0 Å². The number of rotatable bonds is 5. The van der Waals surface area contributed by atoms with Crippen LogP contribution >= 0.6 is 0 Å². The molecule has 0 saturated carbocycles. The fourth-order valence-electron chi connectivity index (χ4n) is 1.95. The number of hydrogen-bond acceptors (Lipinski definition) is 3. The molecule has 19 heavy (non-hydrogen) atoms. The van der Waals surface area contributed by atoms with E-state index in [-0.39, 0.29) is 30.9 Å². The van der Waals surface area contributed by atoms with Gasteiger partial charge in [-0.25, -0.2) is 4.79 Å². The Bertz CT molecular complexity index is 357. The highest BCUT2D eigenvalue weighted by Crippen LogP contribution is 2.07. The predicted octanol–water partition coefficient (Wildman–Crippen LogP) is 0.113. The smallest absolute Gasteiger partial charge is 0.317 e. The van der Waals surface area contributed by atoms with Gasteiger partial charge in [0.05, 0.1) is 0 Å². The Balaban J connectivity index is 2.31. The zero-order valence-electron chi connectivity index (χ0n) is 11.4. The first-order valence-electron chi connectivity index (χ1n) is 6.46. The Morgan fingerprint density at radius 3 is 2.58 bits per heavy atom. The van der Waals surface area contributed by atoms with Gasteiger partial charge in [-0.15, -0.1) is 0 Å². The van der Waals surface area contributed by atoms with Crippen LogP contribution in [0, 0.1) is 0 Å². The largest absolute Gasteiger partial charge is 0.481 e. The molecule has 0 spiro atoms. The average molecular weight is 271 g/mol. The van der Waals surface area contributed by atoms with Crippen molar-refractivity contribution in [2.75, 3.05) is 26.2 Å². The Labute approximate surface area is 112 Å². The molecule has 0 atom stereocenters. The molecule has 2 N–H and O–H groups in total. The number of urea groups is 1. The maximum absolute atomic E-state index is 11.8. The molecule has 1 saturated heterocycles. The van der Waals surface area contributed by atoms with E-state index in [0.29, 0.717) is 26.1 Å².